The lowest BCUT2D eigenvalue weighted by molar-refractivity contribution is 0.362. The van der Waals surface area contributed by atoms with E-state index in [0.717, 1.165) is 0 Å². The maximum Gasteiger partial charge on any atom is 0.318 e. The van der Waals surface area contributed by atoms with Gasteiger partial charge in [0.2, 0.25) is 5.89 Å². The Bertz CT molecular complexity index is 519. The first-order chi connectivity index (χ1) is 8.88. The molecule has 1 aliphatic heterocycles. The van der Waals surface area contributed by atoms with Crippen LogP contribution in [-0.4, -0.2) is 55.1 Å². The highest BCUT2D eigenvalue weighted by Gasteiger charge is 2.28. The molecule has 0 aromatic carbocycles. The molecule has 0 radical (unpaired) electrons. The highest BCUT2D eigenvalue weighted by molar-refractivity contribution is 7.87. The molecular weight excluding hydrogens is 270 g/mol. The monoisotopic (exact) mass is 289 g/mol. The molecule has 0 saturated carbocycles. The second-order valence-corrected chi connectivity index (χ2v) is 6.47. The second kappa shape index (κ2) is 5.43. The van der Waals surface area contributed by atoms with E-state index < -0.39 is 10.2 Å². The zero-order valence-electron chi connectivity index (χ0n) is 11.3. The fraction of sp³-hybridized carbons (Fsp3) is 0.800. The van der Waals surface area contributed by atoms with Gasteiger partial charge in [0, 0.05) is 39.1 Å². The maximum atomic E-state index is 12.0. The minimum Gasteiger partial charge on any atom is -0.408 e. The Morgan fingerprint density at radius 3 is 2.32 bits per heavy atom. The van der Waals surface area contributed by atoms with Gasteiger partial charge in [-0.05, 0) is 13.8 Å². The van der Waals surface area contributed by atoms with Crippen molar-refractivity contribution in [3.63, 3.8) is 0 Å². The lowest BCUT2D eigenvalue weighted by atomic mass is 10.4. The maximum absolute atomic E-state index is 12.0. The van der Waals surface area contributed by atoms with E-state index in [1.54, 1.807) is 20.8 Å². The predicted molar refractivity (Wildman–Crippen MR) is 70.0 cm³/mol. The minimum atomic E-state index is -3.39. The van der Waals surface area contributed by atoms with Gasteiger partial charge in [0.05, 0.1) is 0 Å². The Kier molecular flexibility index (Phi) is 4.07. The van der Waals surface area contributed by atoms with E-state index in [1.165, 1.54) is 4.31 Å². The highest BCUT2D eigenvalue weighted by atomic mass is 32.2. The normalized spacial score (nSPS) is 18.2. The Morgan fingerprint density at radius 2 is 1.84 bits per heavy atom. The minimum absolute atomic E-state index is 0.110. The molecule has 2 rings (SSSR count). The van der Waals surface area contributed by atoms with Gasteiger partial charge in [-0.25, -0.2) is 0 Å². The number of rotatable bonds is 4. The fourth-order valence-electron chi connectivity index (χ4n) is 1.91. The van der Waals surface area contributed by atoms with Crippen LogP contribution in [0.3, 0.4) is 0 Å². The van der Waals surface area contributed by atoms with Gasteiger partial charge in [0.1, 0.15) is 0 Å². The van der Waals surface area contributed by atoms with Crippen molar-refractivity contribution < 1.29 is 12.8 Å². The lowest BCUT2D eigenvalue weighted by Gasteiger charge is -2.33. The van der Waals surface area contributed by atoms with E-state index in [9.17, 15) is 8.42 Å². The molecule has 1 N–H and O–H groups in total. The van der Waals surface area contributed by atoms with E-state index in [1.807, 2.05) is 4.90 Å². The van der Waals surface area contributed by atoms with E-state index in [-0.39, 0.29) is 6.04 Å². The first kappa shape index (κ1) is 14.2. The third-order valence-electron chi connectivity index (χ3n) is 2.75. The SMILES string of the molecule is Cc1nnc(N2CCN(S(=O)(=O)NC(C)C)CC2)o1. The van der Waals surface area contributed by atoms with Crippen LogP contribution in [0.5, 0.6) is 0 Å². The summed E-state index contributed by atoms with van der Waals surface area (Å²) in [5, 5.41) is 7.70. The van der Waals surface area contributed by atoms with Crippen LogP contribution in [0, 0.1) is 6.92 Å². The number of anilines is 1. The molecule has 2 heterocycles. The molecular formula is C10H19N5O3S. The number of hydrogen-bond donors (Lipinski definition) is 1. The van der Waals surface area contributed by atoms with E-state index >= 15 is 0 Å². The van der Waals surface area contributed by atoms with E-state index in [2.05, 4.69) is 14.9 Å². The number of aryl methyl sites for hydroxylation is 1. The summed E-state index contributed by atoms with van der Waals surface area (Å²) in [6.07, 6.45) is 0. The lowest BCUT2D eigenvalue weighted by Crippen LogP contribution is -2.53. The van der Waals surface area contributed by atoms with E-state index in [0.29, 0.717) is 38.1 Å². The largest absolute Gasteiger partial charge is 0.408 e. The summed E-state index contributed by atoms with van der Waals surface area (Å²) in [5.74, 6) is 0.506. The van der Waals surface area contributed by atoms with Gasteiger partial charge in [-0.3, -0.25) is 0 Å². The summed E-state index contributed by atoms with van der Waals surface area (Å²) >= 11 is 0. The Balaban J connectivity index is 1.96. The zero-order valence-corrected chi connectivity index (χ0v) is 12.1. The van der Waals surface area contributed by atoms with Crippen LogP contribution in [0.25, 0.3) is 0 Å². The van der Waals surface area contributed by atoms with Gasteiger partial charge in [0.25, 0.3) is 10.2 Å². The van der Waals surface area contributed by atoms with Crippen LogP contribution in [0.4, 0.5) is 6.01 Å². The number of nitrogens with one attached hydrogen (secondary N) is 1. The van der Waals surface area contributed by atoms with Crippen LogP contribution in [-0.2, 0) is 10.2 Å². The Labute approximate surface area is 113 Å². The van der Waals surface area contributed by atoms with Gasteiger partial charge < -0.3 is 9.32 Å². The topological polar surface area (TPSA) is 91.6 Å². The van der Waals surface area contributed by atoms with Crippen molar-refractivity contribution in [3.05, 3.63) is 5.89 Å². The number of nitrogens with zero attached hydrogens (tertiary/aromatic N) is 4. The Hall–Kier alpha value is -1.19. The van der Waals surface area contributed by atoms with Crippen LogP contribution < -0.4 is 9.62 Å². The molecule has 1 saturated heterocycles. The van der Waals surface area contributed by atoms with Gasteiger partial charge in [-0.15, -0.1) is 5.10 Å². The molecule has 0 atom stereocenters. The average molecular weight is 289 g/mol. The van der Waals surface area contributed by atoms with Crippen LogP contribution in [0.1, 0.15) is 19.7 Å². The van der Waals surface area contributed by atoms with Crippen LogP contribution >= 0.6 is 0 Å². The molecule has 8 nitrogen and oxygen atoms in total. The van der Waals surface area contributed by atoms with Crippen molar-refractivity contribution in [1.82, 2.24) is 19.2 Å². The summed E-state index contributed by atoms with van der Waals surface area (Å²) in [7, 11) is -3.39. The summed E-state index contributed by atoms with van der Waals surface area (Å²) < 4.78 is 33.3. The van der Waals surface area contributed by atoms with Gasteiger partial charge in [-0.1, -0.05) is 5.10 Å². The third kappa shape index (κ3) is 3.43. The highest BCUT2D eigenvalue weighted by Crippen LogP contribution is 2.15. The molecule has 0 spiro atoms. The van der Waals surface area contributed by atoms with Crippen molar-refractivity contribution in [2.24, 2.45) is 0 Å². The number of piperazine rings is 1. The summed E-state index contributed by atoms with van der Waals surface area (Å²) in [6.45, 7) is 7.22. The van der Waals surface area contributed by atoms with Crippen molar-refractivity contribution in [3.8, 4) is 0 Å². The van der Waals surface area contributed by atoms with Crippen molar-refractivity contribution in [2.45, 2.75) is 26.8 Å². The second-order valence-electron chi connectivity index (χ2n) is 4.77. The van der Waals surface area contributed by atoms with Crippen molar-refractivity contribution in [2.75, 3.05) is 31.1 Å². The molecule has 0 amide bonds. The average Bonchev–Trinajstić information content (AvgIpc) is 2.74. The molecule has 108 valence electrons. The number of hydrogen-bond acceptors (Lipinski definition) is 6. The zero-order chi connectivity index (χ0) is 14.0. The number of aromatic nitrogens is 2. The summed E-state index contributed by atoms with van der Waals surface area (Å²) in [4.78, 5) is 1.89. The van der Waals surface area contributed by atoms with Gasteiger partial charge >= 0.3 is 6.01 Å². The van der Waals surface area contributed by atoms with Gasteiger partial charge in [0.15, 0.2) is 0 Å². The molecule has 0 bridgehead atoms. The summed E-state index contributed by atoms with van der Waals surface area (Å²) in [5.41, 5.74) is 0. The van der Waals surface area contributed by atoms with Gasteiger partial charge in [-0.2, -0.15) is 17.4 Å². The first-order valence-electron chi connectivity index (χ1n) is 6.21. The van der Waals surface area contributed by atoms with Crippen molar-refractivity contribution in [1.29, 1.82) is 0 Å². The molecule has 1 fully saturated rings. The summed E-state index contributed by atoms with van der Waals surface area (Å²) in [6, 6.07) is 0.341. The van der Waals surface area contributed by atoms with E-state index in [4.69, 9.17) is 4.42 Å². The molecule has 1 aromatic heterocycles. The van der Waals surface area contributed by atoms with Crippen LogP contribution in [0.2, 0.25) is 0 Å². The molecule has 19 heavy (non-hydrogen) atoms. The molecule has 0 aliphatic carbocycles. The predicted octanol–water partition coefficient (Wildman–Crippen LogP) is -0.257. The first-order valence-corrected chi connectivity index (χ1v) is 7.65. The third-order valence-corrected chi connectivity index (χ3v) is 4.56. The molecule has 1 aromatic rings. The fourth-order valence-corrected chi connectivity index (χ4v) is 3.29. The quantitative estimate of drug-likeness (QED) is 0.821. The standard InChI is InChI=1S/C10H19N5O3S/c1-8(2)13-19(16,17)15-6-4-14(5-7-15)10-12-11-9(3)18-10/h8,13H,4-7H2,1-3H3. The van der Waals surface area contributed by atoms with Crippen LogP contribution in [0.15, 0.2) is 4.42 Å². The molecule has 9 heteroatoms. The van der Waals surface area contributed by atoms with Crippen molar-refractivity contribution >= 4 is 16.2 Å². The molecule has 0 unspecified atom stereocenters. The smallest absolute Gasteiger partial charge is 0.318 e. The molecule has 1 aliphatic rings. The Morgan fingerprint density at radius 1 is 1.21 bits per heavy atom.